The largest absolute Gasteiger partial charge is 0.395 e. The molecule has 7 nitrogen and oxygen atoms in total. The summed E-state index contributed by atoms with van der Waals surface area (Å²) in [6, 6.07) is 4.18. The zero-order valence-electron chi connectivity index (χ0n) is 16.0. The van der Waals surface area contributed by atoms with E-state index in [9.17, 15) is 9.59 Å². The zero-order chi connectivity index (χ0) is 19.1. The average molecular weight is 374 g/mol. The van der Waals surface area contributed by atoms with Gasteiger partial charge in [-0.05, 0) is 38.3 Å². The van der Waals surface area contributed by atoms with Crippen LogP contribution in [0.4, 0.5) is 0 Å². The highest BCUT2D eigenvalue weighted by molar-refractivity contribution is 5.80. The van der Waals surface area contributed by atoms with E-state index in [0.29, 0.717) is 32.1 Å². The summed E-state index contributed by atoms with van der Waals surface area (Å²) in [6.07, 6.45) is 2.67. The van der Waals surface area contributed by atoms with Gasteiger partial charge in [0.1, 0.15) is 0 Å². The molecule has 0 spiro atoms. The predicted molar refractivity (Wildman–Crippen MR) is 102 cm³/mol. The summed E-state index contributed by atoms with van der Waals surface area (Å²) in [5.41, 5.74) is 7.76. The summed E-state index contributed by atoms with van der Waals surface area (Å²) in [5, 5.41) is 9.07. The Morgan fingerprint density at radius 1 is 1.26 bits per heavy atom. The number of likely N-dealkylation sites (N-methyl/N-ethyl adjacent to an activating group) is 1. The first-order valence-corrected chi connectivity index (χ1v) is 10.0. The number of aliphatic hydroxyl groups excluding tert-OH is 1. The van der Waals surface area contributed by atoms with E-state index >= 15 is 0 Å². The summed E-state index contributed by atoms with van der Waals surface area (Å²) in [4.78, 5) is 29.7. The van der Waals surface area contributed by atoms with Crippen molar-refractivity contribution in [3.8, 4) is 0 Å². The van der Waals surface area contributed by atoms with Gasteiger partial charge in [-0.3, -0.25) is 14.5 Å². The van der Waals surface area contributed by atoms with Gasteiger partial charge < -0.3 is 20.3 Å². The molecule has 2 aliphatic heterocycles. The molecular weight excluding hydrogens is 344 g/mol. The molecular formula is C20H30N4O3. The topological polar surface area (TPSA) is 91.8 Å². The zero-order valence-corrected chi connectivity index (χ0v) is 16.0. The Bertz CT molecular complexity index is 771. The molecule has 27 heavy (non-hydrogen) atoms. The number of amides is 1. The molecule has 4 rings (SSSR count). The van der Waals surface area contributed by atoms with Crippen molar-refractivity contribution < 1.29 is 9.90 Å². The van der Waals surface area contributed by atoms with E-state index < -0.39 is 0 Å². The minimum absolute atomic E-state index is 0.0803. The molecule has 3 N–H and O–H groups in total. The number of nitrogens with zero attached hydrogens (tertiary/aromatic N) is 3. The van der Waals surface area contributed by atoms with Gasteiger partial charge in [0.15, 0.2) is 0 Å². The highest BCUT2D eigenvalue weighted by Crippen LogP contribution is 2.37. The van der Waals surface area contributed by atoms with Crippen molar-refractivity contribution in [2.75, 3.05) is 33.3 Å². The van der Waals surface area contributed by atoms with Gasteiger partial charge in [-0.2, -0.15) is 0 Å². The maximum absolute atomic E-state index is 13.0. The van der Waals surface area contributed by atoms with Crippen molar-refractivity contribution in [1.29, 1.82) is 0 Å². The third-order valence-electron chi connectivity index (χ3n) is 6.44. The van der Waals surface area contributed by atoms with Crippen molar-refractivity contribution in [3.05, 3.63) is 33.7 Å². The van der Waals surface area contributed by atoms with E-state index in [4.69, 9.17) is 10.8 Å². The van der Waals surface area contributed by atoms with Crippen LogP contribution in [-0.2, 0) is 17.9 Å². The number of nitrogens with two attached hydrogens (primary N) is 1. The van der Waals surface area contributed by atoms with Crippen LogP contribution in [0.15, 0.2) is 16.9 Å². The molecule has 1 aromatic heterocycles. The van der Waals surface area contributed by atoms with Gasteiger partial charge in [-0.15, -0.1) is 0 Å². The number of piperidine rings is 1. The van der Waals surface area contributed by atoms with E-state index in [1.807, 2.05) is 27.5 Å². The molecule has 2 atom stereocenters. The van der Waals surface area contributed by atoms with Crippen LogP contribution in [0, 0.1) is 11.8 Å². The Balaban J connectivity index is 1.52. The van der Waals surface area contributed by atoms with Crippen LogP contribution in [0.2, 0.25) is 0 Å². The summed E-state index contributed by atoms with van der Waals surface area (Å²) in [5.74, 6) is 0.944. The number of hydrogen-bond acceptors (Lipinski definition) is 5. The van der Waals surface area contributed by atoms with Crippen LogP contribution in [0.3, 0.4) is 0 Å². The number of carbonyl (C=O) groups excluding carboxylic acids is 1. The maximum atomic E-state index is 13.0. The van der Waals surface area contributed by atoms with Crippen molar-refractivity contribution in [3.63, 3.8) is 0 Å². The van der Waals surface area contributed by atoms with Gasteiger partial charge in [0.25, 0.3) is 5.56 Å². The highest BCUT2D eigenvalue weighted by atomic mass is 16.3. The van der Waals surface area contributed by atoms with Gasteiger partial charge in [0, 0.05) is 61.9 Å². The Hall–Kier alpha value is -1.70. The first-order valence-electron chi connectivity index (χ1n) is 10.0. The average Bonchev–Trinajstić information content (AvgIpc) is 2.61. The molecule has 2 bridgehead atoms. The summed E-state index contributed by atoms with van der Waals surface area (Å²) in [6.45, 7) is 3.33. The van der Waals surface area contributed by atoms with Crippen LogP contribution >= 0.6 is 0 Å². The van der Waals surface area contributed by atoms with E-state index in [1.165, 1.54) is 0 Å². The molecule has 0 radical (unpaired) electrons. The van der Waals surface area contributed by atoms with Crippen LogP contribution in [0.25, 0.3) is 0 Å². The molecule has 7 heteroatoms. The molecule has 2 fully saturated rings. The lowest BCUT2D eigenvalue weighted by molar-refractivity contribution is -0.141. The molecule has 0 aromatic carbocycles. The molecule has 1 aliphatic carbocycles. The van der Waals surface area contributed by atoms with Crippen molar-refractivity contribution in [2.24, 2.45) is 17.6 Å². The van der Waals surface area contributed by atoms with Gasteiger partial charge >= 0.3 is 0 Å². The third-order valence-corrected chi connectivity index (χ3v) is 6.44. The number of likely N-dealkylation sites (tertiary alicyclic amines) is 1. The monoisotopic (exact) mass is 374 g/mol. The van der Waals surface area contributed by atoms with Gasteiger partial charge in [-0.1, -0.05) is 6.07 Å². The second-order valence-corrected chi connectivity index (χ2v) is 8.63. The van der Waals surface area contributed by atoms with Crippen LogP contribution in [0.1, 0.15) is 36.4 Å². The summed E-state index contributed by atoms with van der Waals surface area (Å²) < 4.78 is 1.93. The SMILES string of the molecule is CN(CCO)Cc1ccc2n(c1=O)C[C@H]1C[C@@H]2CN(C(=O)C2CC(N)C2)C1. The predicted octanol–water partition coefficient (Wildman–Crippen LogP) is -0.0446. The smallest absolute Gasteiger partial charge is 0.255 e. The van der Waals surface area contributed by atoms with Crippen LogP contribution in [0.5, 0.6) is 0 Å². The number of aromatic nitrogens is 1. The second-order valence-electron chi connectivity index (χ2n) is 8.63. The molecule has 148 valence electrons. The fraction of sp³-hybridized carbons (Fsp3) is 0.700. The Morgan fingerprint density at radius 2 is 2.04 bits per heavy atom. The molecule has 3 aliphatic rings. The maximum Gasteiger partial charge on any atom is 0.255 e. The van der Waals surface area contributed by atoms with Gasteiger partial charge in [0.2, 0.25) is 5.91 Å². The highest BCUT2D eigenvalue weighted by Gasteiger charge is 2.41. The van der Waals surface area contributed by atoms with Crippen molar-refractivity contribution >= 4 is 5.91 Å². The number of hydrogen-bond donors (Lipinski definition) is 2. The minimum Gasteiger partial charge on any atom is -0.395 e. The fourth-order valence-electron chi connectivity index (χ4n) is 4.95. The number of fused-ring (bicyclic) bond motifs is 4. The molecule has 1 amide bonds. The van der Waals surface area contributed by atoms with Gasteiger partial charge in [0.05, 0.1) is 6.61 Å². The van der Waals surface area contributed by atoms with Crippen molar-refractivity contribution in [1.82, 2.24) is 14.4 Å². The van der Waals surface area contributed by atoms with Crippen LogP contribution < -0.4 is 11.3 Å². The lowest BCUT2D eigenvalue weighted by atomic mass is 9.78. The van der Waals surface area contributed by atoms with E-state index in [2.05, 4.69) is 6.07 Å². The summed E-state index contributed by atoms with van der Waals surface area (Å²) in [7, 11) is 1.91. The standard InChI is InChI=1S/C20H30N4O3/c1-22(4-5-25)11-14-2-3-18-16-6-13(10-24(18)20(14)27)9-23(12-16)19(26)15-7-17(21)8-15/h2-3,13,15-17,25H,4-12,21H2,1H3/t13-,15?,16+,17?/m0/s1. The molecule has 1 saturated heterocycles. The normalized spacial score (nSPS) is 29.4. The Labute approximate surface area is 159 Å². The quantitative estimate of drug-likeness (QED) is 0.754. The number of carbonyl (C=O) groups is 1. The Kier molecular flexibility index (Phi) is 5.09. The third kappa shape index (κ3) is 3.56. The van der Waals surface area contributed by atoms with Crippen LogP contribution in [-0.4, -0.2) is 64.7 Å². The molecule has 3 heterocycles. The Morgan fingerprint density at radius 3 is 2.74 bits per heavy atom. The van der Waals surface area contributed by atoms with E-state index in [0.717, 1.165) is 37.1 Å². The fourth-order valence-corrected chi connectivity index (χ4v) is 4.95. The lowest BCUT2D eigenvalue weighted by Crippen LogP contribution is -2.53. The van der Waals surface area contributed by atoms with E-state index in [-0.39, 0.29) is 36.0 Å². The number of aliphatic hydroxyl groups is 1. The molecule has 1 saturated carbocycles. The van der Waals surface area contributed by atoms with Crippen molar-refractivity contribution in [2.45, 2.75) is 44.3 Å². The van der Waals surface area contributed by atoms with E-state index in [1.54, 1.807) is 0 Å². The molecule has 1 aromatic rings. The first-order chi connectivity index (χ1) is 13.0. The minimum atomic E-state index is 0.0803. The summed E-state index contributed by atoms with van der Waals surface area (Å²) >= 11 is 0. The van der Waals surface area contributed by atoms with Gasteiger partial charge in [-0.25, -0.2) is 0 Å². The second kappa shape index (κ2) is 7.37. The molecule has 0 unspecified atom stereocenters. The number of rotatable bonds is 5. The lowest BCUT2D eigenvalue weighted by Gasteiger charge is -2.45. The first kappa shape index (κ1) is 18.7. The number of pyridine rings is 1.